The van der Waals surface area contributed by atoms with E-state index in [4.69, 9.17) is 5.73 Å². The molecule has 0 radical (unpaired) electrons. The first kappa shape index (κ1) is 12.9. The van der Waals surface area contributed by atoms with Crippen molar-refractivity contribution in [3.63, 3.8) is 0 Å². The highest BCUT2D eigenvalue weighted by Crippen LogP contribution is 2.29. The zero-order chi connectivity index (χ0) is 12.3. The maximum absolute atomic E-state index is 5.94. The zero-order valence-corrected chi connectivity index (χ0v) is 11.4. The molecule has 3 nitrogen and oxygen atoms in total. The second-order valence-electron chi connectivity index (χ2n) is 4.72. The molecule has 1 aliphatic heterocycles. The Balaban J connectivity index is 2.13. The average molecular weight is 251 g/mol. The van der Waals surface area contributed by atoms with E-state index in [0.29, 0.717) is 17.0 Å². The van der Waals surface area contributed by atoms with Crippen LogP contribution in [0.1, 0.15) is 25.6 Å². The summed E-state index contributed by atoms with van der Waals surface area (Å²) >= 11 is 2.07. The standard InChI is InChI=1S/C13H21N3S/c1-10-8-16(9-11(2)17-10)13(7-14)12-5-3-4-6-15-12/h3-6,10-11,13H,7-9,14H2,1-2H3. The van der Waals surface area contributed by atoms with Crippen LogP contribution in [0.2, 0.25) is 0 Å². The zero-order valence-electron chi connectivity index (χ0n) is 10.5. The van der Waals surface area contributed by atoms with E-state index >= 15 is 0 Å². The van der Waals surface area contributed by atoms with E-state index in [-0.39, 0.29) is 6.04 Å². The van der Waals surface area contributed by atoms with Crippen LogP contribution in [0.4, 0.5) is 0 Å². The number of pyridine rings is 1. The van der Waals surface area contributed by atoms with Crippen LogP contribution in [0.3, 0.4) is 0 Å². The SMILES string of the molecule is CC1CN(C(CN)c2ccccn2)CC(C)S1. The Labute approximate surface area is 108 Å². The Bertz CT molecular complexity index is 334. The average Bonchev–Trinajstić information content (AvgIpc) is 2.30. The molecule has 0 saturated carbocycles. The molecule has 1 fully saturated rings. The van der Waals surface area contributed by atoms with Crippen LogP contribution in [-0.4, -0.2) is 40.0 Å². The van der Waals surface area contributed by atoms with Gasteiger partial charge in [0.25, 0.3) is 0 Å². The van der Waals surface area contributed by atoms with Gasteiger partial charge in [0, 0.05) is 36.3 Å². The van der Waals surface area contributed by atoms with Crippen molar-refractivity contribution in [2.45, 2.75) is 30.4 Å². The van der Waals surface area contributed by atoms with Crippen LogP contribution < -0.4 is 5.73 Å². The Morgan fingerprint density at radius 2 is 2.12 bits per heavy atom. The number of hydrogen-bond donors (Lipinski definition) is 1. The van der Waals surface area contributed by atoms with Crippen molar-refractivity contribution in [2.24, 2.45) is 5.73 Å². The van der Waals surface area contributed by atoms with Gasteiger partial charge in [-0.2, -0.15) is 11.8 Å². The third-order valence-corrected chi connectivity index (χ3v) is 4.37. The van der Waals surface area contributed by atoms with Gasteiger partial charge < -0.3 is 5.73 Å². The Morgan fingerprint density at radius 3 is 2.65 bits per heavy atom. The van der Waals surface area contributed by atoms with Crippen molar-refractivity contribution in [3.8, 4) is 0 Å². The summed E-state index contributed by atoms with van der Waals surface area (Å²) in [5.74, 6) is 0. The molecule has 2 heterocycles. The molecule has 0 bridgehead atoms. The van der Waals surface area contributed by atoms with Crippen molar-refractivity contribution in [1.82, 2.24) is 9.88 Å². The van der Waals surface area contributed by atoms with Crippen LogP contribution in [0.15, 0.2) is 24.4 Å². The second kappa shape index (κ2) is 5.85. The first-order valence-electron chi connectivity index (χ1n) is 6.21. The highest BCUT2D eigenvalue weighted by Gasteiger charge is 2.28. The highest BCUT2D eigenvalue weighted by atomic mass is 32.2. The number of thioether (sulfide) groups is 1. The molecule has 4 heteroatoms. The molecule has 1 aliphatic rings. The van der Waals surface area contributed by atoms with E-state index in [1.165, 1.54) is 0 Å². The van der Waals surface area contributed by atoms with E-state index in [9.17, 15) is 0 Å². The molecule has 1 aromatic heterocycles. The number of nitrogens with zero attached hydrogens (tertiary/aromatic N) is 2. The largest absolute Gasteiger partial charge is 0.329 e. The van der Waals surface area contributed by atoms with Gasteiger partial charge in [-0.3, -0.25) is 9.88 Å². The lowest BCUT2D eigenvalue weighted by atomic mass is 10.1. The van der Waals surface area contributed by atoms with Crippen molar-refractivity contribution >= 4 is 11.8 Å². The predicted molar refractivity (Wildman–Crippen MR) is 74.1 cm³/mol. The molecule has 0 aliphatic carbocycles. The Morgan fingerprint density at radius 1 is 1.41 bits per heavy atom. The fourth-order valence-corrected chi connectivity index (χ4v) is 3.85. The first-order valence-corrected chi connectivity index (χ1v) is 7.15. The molecule has 1 aromatic rings. The van der Waals surface area contributed by atoms with Crippen molar-refractivity contribution in [3.05, 3.63) is 30.1 Å². The molecule has 0 aromatic carbocycles. The van der Waals surface area contributed by atoms with Gasteiger partial charge in [0.15, 0.2) is 0 Å². The molecule has 2 N–H and O–H groups in total. The van der Waals surface area contributed by atoms with Gasteiger partial charge in [-0.05, 0) is 12.1 Å². The van der Waals surface area contributed by atoms with Gasteiger partial charge in [-0.15, -0.1) is 0 Å². The summed E-state index contributed by atoms with van der Waals surface area (Å²) in [5, 5.41) is 1.35. The summed E-state index contributed by atoms with van der Waals surface area (Å²) in [5.41, 5.74) is 7.04. The summed E-state index contributed by atoms with van der Waals surface area (Å²) in [7, 11) is 0. The van der Waals surface area contributed by atoms with Gasteiger partial charge >= 0.3 is 0 Å². The van der Waals surface area contributed by atoms with Crippen LogP contribution in [0, 0.1) is 0 Å². The molecular weight excluding hydrogens is 230 g/mol. The molecule has 2 rings (SSSR count). The lowest BCUT2D eigenvalue weighted by Crippen LogP contribution is -2.45. The minimum absolute atomic E-state index is 0.266. The van der Waals surface area contributed by atoms with E-state index < -0.39 is 0 Å². The third-order valence-electron chi connectivity index (χ3n) is 3.14. The second-order valence-corrected chi connectivity index (χ2v) is 6.60. The maximum Gasteiger partial charge on any atom is 0.0645 e. The first-order chi connectivity index (χ1) is 8.20. The summed E-state index contributed by atoms with van der Waals surface area (Å²) in [4.78, 5) is 6.93. The minimum Gasteiger partial charge on any atom is -0.329 e. The molecule has 0 spiro atoms. The minimum atomic E-state index is 0.266. The summed E-state index contributed by atoms with van der Waals surface area (Å²) in [6.07, 6.45) is 1.85. The molecular formula is C13H21N3S. The fourth-order valence-electron chi connectivity index (χ4n) is 2.50. The summed E-state index contributed by atoms with van der Waals surface area (Å²) in [6.45, 7) is 7.43. The predicted octanol–water partition coefficient (Wildman–Crippen LogP) is 1.91. The van der Waals surface area contributed by atoms with E-state index in [1.54, 1.807) is 0 Å². The van der Waals surface area contributed by atoms with E-state index in [2.05, 4.69) is 41.6 Å². The Hall–Kier alpha value is -0.580. The number of rotatable bonds is 3. The van der Waals surface area contributed by atoms with Gasteiger partial charge in [-0.1, -0.05) is 19.9 Å². The highest BCUT2D eigenvalue weighted by molar-refractivity contribution is 8.00. The van der Waals surface area contributed by atoms with Crippen molar-refractivity contribution < 1.29 is 0 Å². The summed E-state index contributed by atoms with van der Waals surface area (Å²) < 4.78 is 0. The van der Waals surface area contributed by atoms with Gasteiger partial charge in [0.1, 0.15) is 0 Å². The van der Waals surface area contributed by atoms with Gasteiger partial charge in [-0.25, -0.2) is 0 Å². The molecule has 17 heavy (non-hydrogen) atoms. The van der Waals surface area contributed by atoms with Gasteiger partial charge in [0.05, 0.1) is 11.7 Å². The molecule has 3 unspecified atom stereocenters. The van der Waals surface area contributed by atoms with Crippen LogP contribution >= 0.6 is 11.8 Å². The van der Waals surface area contributed by atoms with E-state index in [0.717, 1.165) is 18.8 Å². The lowest BCUT2D eigenvalue weighted by molar-refractivity contribution is 0.196. The number of aromatic nitrogens is 1. The quantitative estimate of drug-likeness (QED) is 0.891. The van der Waals surface area contributed by atoms with E-state index in [1.807, 2.05) is 18.3 Å². The monoisotopic (exact) mass is 251 g/mol. The van der Waals surface area contributed by atoms with Gasteiger partial charge in [0.2, 0.25) is 0 Å². The molecule has 0 amide bonds. The molecule has 1 saturated heterocycles. The number of hydrogen-bond acceptors (Lipinski definition) is 4. The lowest BCUT2D eigenvalue weighted by Gasteiger charge is -2.39. The topological polar surface area (TPSA) is 42.1 Å². The molecule has 3 atom stereocenters. The van der Waals surface area contributed by atoms with Crippen LogP contribution in [0.25, 0.3) is 0 Å². The van der Waals surface area contributed by atoms with Crippen molar-refractivity contribution in [2.75, 3.05) is 19.6 Å². The molecule has 94 valence electrons. The van der Waals surface area contributed by atoms with Crippen LogP contribution in [-0.2, 0) is 0 Å². The Kier molecular flexibility index (Phi) is 4.42. The summed E-state index contributed by atoms with van der Waals surface area (Å²) in [6, 6.07) is 6.33. The van der Waals surface area contributed by atoms with Crippen LogP contribution in [0.5, 0.6) is 0 Å². The maximum atomic E-state index is 5.94. The number of nitrogens with two attached hydrogens (primary N) is 1. The van der Waals surface area contributed by atoms with Crippen molar-refractivity contribution in [1.29, 1.82) is 0 Å². The normalized spacial score (nSPS) is 27.9. The smallest absolute Gasteiger partial charge is 0.0645 e. The third kappa shape index (κ3) is 3.21. The fraction of sp³-hybridized carbons (Fsp3) is 0.615.